The van der Waals surface area contributed by atoms with Gasteiger partial charge in [-0.2, -0.15) is 0 Å². The molecule has 1 amide bonds. The lowest BCUT2D eigenvalue weighted by Gasteiger charge is -2.28. The number of nitrogens with one attached hydrogen (secondary N) is 2. The van der Waals surface area contributed by atoms with Gasteiger partial charge in [-0.1, -0.05) is 35.4 Å². The zero-order chi connectivity index (χ0) is 25.1. The van der Waals surface area contributed by atoms with Crippen molar-refractivity contribution in [1.82, 2.24) is 0 Å². The minimum absolute atomic E-state index is 0.0246. The van der Waals surface area contributed by atoms with E-state index in [1.165, 1.54) is 31.2 Å². The second-order valence-corrected chi connectivity index (χ2v) is 11.6. The van der Waals surface area contributed by atoms with Crippen LogP contribution in [0.2, 0.25) is 0 Å². The molecule has 0 aliphatic carbocycles. The smallest absolute Gasteiger partial charge is 0.261 e. The van der Waals surface area contributed by atoms with Crippen molar-refractivity contribution < 1.29 is 21.6 Å². The minimum atomic E-state index is -3.81. The highest BCUT2D eigenvalue weighted by Crippen LogP contribution is 2.23. The molecule has 3 aromatic rings. The molecule has 10 heteroatoms. The summed E-state index contributed by atoms with van der Waals surface area (Å²) in [5, 5.41) is 2.65. The molecule has 8 nitrogen and oxygen atoms in total. The molecule has 0 aliphatic heterocycles. The van der Waals surface area contributed by atoms with Crippen LogP contribution in [0.4, 0.5) is 17.1 Å². The van der Waals surface area contributed by atoms with E-state index >= 15 is 0 Å². The van der Waals surface area contributed by atoms with Gasteiger partial charge in [-0.3, -0.25) is 13.8 Å². The van der Waals surface area contributed by atoms with Crippen LogP contribution in [-0.4, -0.2) is 35.0 Å². The molecule has 0 saturated carbocycles. The molecular formula is C24H27N3O5S2. The molecule has 0 bridgehead atoms. The summed E-state index contributed by atoms with van der Waals surface area (Å²) in [5.74, 6) is -0.556. The number of hydrogen-bond acceptors (Lipinski definition) is 5. The van der Waals surface area contributed by atoms with Crippen LogP contribution in [0.15, 0.2) is 77.7 Å². The number of aryl methyl sites for hydroxylation is 2. The maximum absolute atomic E-state index is 12.8. The van der Waals surface area contributed by atoms with Gasteiger partial charge in [0.15, 0.2) is 0 Å². The molecule has 0 radical (unpaired) electrons. The normalized spacial score (nSPS) is 12.6. The van der Waals surface area contributed by atoms with Crippen LogP contribution in [-0.2, 0) is 24.8 Å². The van der Waals surface area contributed by atoms with Crippen molar-refractivity contribution in [3.8, 4) is 0 Å². The van der Waals surface area contributed by atoms with E-state index in [2.05, 4.69) is 10.0 Å². The number of anilines is 3. The van der Waals surface area contributed by atoms with Crippen LogP contribution in [0.1, 0.15) is 18.1 Å². The lowest BCUT2D eigenvalue weighted by atomic mass is 10.2. The fourth-order valence-electron chi connectivity index (χ4n) is 3.30. The fourth-order valence-corrected chi connectivity index (χ4v) is 5.53. The first-order valence-corrected chi connectivity index (χ1v) is 13.8. The summed E-state index contributed by atoms with van der Waals surface area (Å²) in [5.41, 5.74) is 3.12. The molecule has 1 atom stereocenters. The van der Waals surface area contributed by atoms with Crippen molar-refractivity contribution in [1.29, 1.82) is 0 Å². The highest BCUT2D eigenvalue weighted by Gasteiger charge is 2.29. The van der Waals surface area contributed by atoms with Gasteiger partial charge in [-0.25, -0.2) is 16.8 Å². The predicted molar refractivity (Wildman–Crippen MR) is 135 cm³/mol. The molecule has 34 heavy (non-hydrogen) atoms. The molecule has 0 fully saturated rings. The average Bonchev–Trinajstić information content (AvgIpc) is 2.76. The number of hydrogen-bond donors (Lipinski definition) is 2. The predicted octanol–water partition coefficient (Wildman–Crippen LogP) is 3.90. The van der Waals surface area contributed by atoms with E-state index in [1.807, 2.05) is 13.8 Å². The first-order chi connectivity index (χ1) is 15.9. The van der Waals surface area contributed by atoms with Crippen LogP contribution in [0.25, 0.3) is 0 Å². The van der Waals surface area contributed by atoms with Crippen molar-refractivity contribution in [2.75, 3.05) is 20.6 Å². The van der Waals surface area contributed by atoms with Crippen LogP contribution in [0.5, 0.6) is 0 Å². The molecule has 0 aliphatic rings. The van der Waals surface area contributed by atoms with Gasteiger partial charge in [0.1, 0.15) is 6.04 Å². The van der Waals surface area contributed by atoms with Crippen molar-refractivity contribution in [2.24, 2.45) is 0 Å². The highest BCUT2D eigenvalue weighted by molar-refractivity contribution is 7.92. The van der Waals surface area contributed by atoms with E-state index in [4.69, 9.17) is 0 Å². The Morgan fingerprint density at radius 1 is 0.765 bits per heavy atom. The Hall–Kier alpha value is -3.37. The van der Waals surface area contributed by atoms with Gasteiger partial charge in [0.25, 0.3) is 10.0 Å². The number of carbonyl (C=O) groups is 1. The summed E-state index contributed by atoms with van der Waals surface area (Å²) in [7, 11) is -7.55. The first kappa shape index (κ1) is 25.3. The van der Waals surface area contributed by atoms with Crippen LogP contribution >= 0.6 is 0 Å². The van der Waals surface area contributed by atoms with E-state index in [9.17, 15) is 21.6 Å². The number of rotatable bonds is 8. The van der Waals surface area contributed by atoms with E-state index in [0.29, 0.717) is 17.1 Å². The number of benzene rings is 3. The number of sulfonamides is 2. The number of amides is 1. The largest absolute Gasteiger partial charge is 0.324 e. The zero-order valence-corrected chi connectivity index (χ0v) is 20.9. The Morgan fingerprint density at radius 2 is 1.24 bits per heavy atom. The number of nitrogens with zero attached hydrogens (tertiary/aromatic N) is 1. The summed E-state index contributed by atoms with van der Waals surface area (Å²) in [4.78, 5) is 12.9. The van der Waals surface area contributed by atoms with Gasteiger partial charge in [0.05, 0.1) is 16.8 Å². The SMILES string of the molecule is Cc1ccc(NS(=O)(=O)c2ccc(NC(=O)[C@H](C)N(c3ccc(C)cc3)S(C)(=O)=O)cc2)cc1. The molecule has 0 heterocycles. The Labute approximate surface area is 200 Å². The van der Waals surface area contributed by atoms with Crippen LogP contribution in [0, 0.1) is 13.8 Å². The third-order valence-corrected chi connectivity index (χ3v) is 7.75. The summed E-state index contributed by atoms with van der Waals surface area (Å²) < 4.78 is 53.6. The van der Waals surface area contributed by atoms with E-state index in [0.717, 1.165) is 21.7 Å². The third-order valence-electron chi connectivity index (χ3n) is 5.11. The van der Waals surface area contributed by atoms with Crippen molar-refractivity contribution in [3.05, 3.63) is 83.9 Å². The van der Waals surface area contributed by atoms with Gasteiger partial charge < -0.3 is 5.32 Å². The van der Waals surface area contributed by atoms with Gasteiger partial charge in [-0.05, 0) is 69.3 Å². The van der Waals surface area contributed by atoms with Gasteiger partial charge >= 0.3 is 0 Å². The van der Waals surface area contributed by atoms with Crippen molar-refractivity contribution in [2.45, 2.75) is 31.7 Å². The maximum Gasteiger partial charge on any atom is 0.261 e. The standard InChI is InChI=1S/C24H27N3O5S2/c1-17-5-9-21(10-6-17)26-34(31,32)23-15-11-20(12-16-23)25-24(28)19(3)27(33(4,29)30)22-13-7-18(2)8-14-22/h5-16,19,26H,1-4H3,(H,25,28)/t19-/m0/s1. The summed E-state index contributed by atoms with van der Waals surface area (Å²) in [6.45, 7) is 5.27. The van der Waals surface area contributed by atoms with Crippen LogP contribution < -0.4 is 14.3 Å². The minimum Gasteiger partial charge on any atom is -0.324 e. The third kappa shape index (κ3) is 6.15. The summed E-state index contributed by atoms with van der Waals surface area (Å²) in [6.07, 6.45) is 1.04. The Kier molecular flexibility index (Phi) is 7.32. The Morgan fingerprint density at radius 3 is 1.74 bits per heavy atom. The summed E-state index contributed by atoms with van der Waals surface area (Å²) in [6, 6.07) is 18.3. The molecule has 180 valence electrons. The average molecular weight is 502 g/mol. The maximum atomic E-state index is 12.8. The first-order valence-electron chi connectivity index (χ1n) is 10.4. The molecular weight excluding hydrogens is 474 g/mol. The molecule has 3 rings (SSSR count). The lowest BCUT2D eigenvalue weighted by molar-refractivity contribution is -0.116. The van der Waals surface area contributed by atoms with Gasteiger partial charge in [-0.15, -0.1) is 0 Å². The monoisotopic (exact) mass is 501 g/mol. The highest BCUT2D eigenvalue weighted by atomic mass is 32.2. The second kappa shape index (κ2) is 9.86. The quantitative estimate of drug-likeness (QED) is 0.486. The number of carbonyl (C=O) groups excluding carboxylic acids is 1. The van der Waals surface area contributed by atoms with Crippen LogP contribution in [0.3, 0.4) is 0 Å². The second-order valence-electron chi connectivity index (χ2n) is 8.06. The van der Waals surface area contributed by atoms with Crippen molar-refractivity contribution >= 4 is 43.0 Å². The molecule has 3 aromatic carbocycles. The lowest BCUT2D eigenvalue weighted by Crippen LogP contribution is -2.45. The topological polar surface area (TPSA) is 113 Å². The van der Waals surface area contributed by atoms with Gasteiger partial charge in [0, 0.05) is 11.4 Å². The molecule has 0 unspecified atom stereocenters. The van der Waals surface area contributed by atoms with Crippen molar-refractivity contribution in [3.63, 3.8) is 0 Å². The Bertz CT molecular complexity index is 1370. The van der Waals surface area contributed by atoms with E-state index < -0.39 is 32.0 Å². The molecule has 0 saturated heterocycles. The Balaban J connectivity index is 1.75. The molecule has 2 N–H and O–H groups in total. The van der Waals surface area contributed by atoms with E-state index in [1.54, 1.807) is 48.5 Å². The summed E-state index contributed by atoms with van der Waals surface area (Å²) >= 11 is 0. The fraction of sp³-hybridized carbons (Fsp3) is 0.208. The molecule has 0 aromatic heterocycles. The molecule has 0 spiro atoms. The van der Waals surface area contributed by atoms with Gasteiger partial charge in [0.2, 0.25) is 15.9 Å². The zero-order valence-electron chi connectivity index (χ0n) is 19.3. The van der Waals surface area contributed by atoms with E-state index in [-0.39, 0.29) is 4.90 Å².